The first-order valence-electron chi connectivity index (χ1n) is 4.93. The third-order valence-electron chi connectivity index (χ3n) is 2.16. The molecule has 0 unspecified atom stereocenters. The van der Waals surface area contributed by atoms with Gasteiger partial charge in [0.25, 0.3) is 0 Å². The van der Waals surface area contributed by atoms with Gasteiger partial charge in [-0.05, 0) is 30.3 Å². The van der Waals surface area contributed by atoms with Gasteiger partial charge in [0.2, 0.25) is 0 Å². The normalized spacial score (nSPS) is 9.88. The van der Waals surface area contributed by atoms with Crippen LogP contribution in [0.4, 0.5) is 17.1 Å². The van der Waals surface area contributed by atoms with E-state index in [-0.39, 0.29) is 0 Å². The highest BCUT2D eigenvalue weighted by Crippen LogP contribution is 2.20. The van der Waals surface area contributed by atoms with Crippen LogP contribution >= 0.6 is 15.9 Å². The molecule has 1 heterocycles. The molecule has 0 saturated heterocycles. The first-order chi connectivity index (χ1) is 7.78. The molecule has 0 aliphatic heterocycles. The molecule has 16 heavy (non-hydrogen) atoms. The fourth-order valence-electron chi connectivity index (χ4n) is 1.34. The average molecular weight is 278 g/mol. The molecule has 0 radical (unpaired) electrons. The number of halogens is 1. The number of hydrogen-bond donors (Lipinski definition) is 2. The van der Waals surface area contributed by atoms with Gasteiger partial charge < -0.3 is 10.6 Å². The summed E-state index contributed by atoms with van der Waals surface area (Å²) in [4.78, 5) is 4.13. The van der Waals surface area contributed by atoms with E-state index >= 15 is 0 Å². The zero-order valence-corrected chi connectivity index (χ0v) is 10.5. The van der Waals surface area contributed by atoms with Crippen molar-refractivity contribution < 1.29 is 0 Å². The molecule has 0 bridgehead atoms. The van der Waals surface area contributed by atoms with Crippen molar-refractivity contribution in [2.45, 2.75) is 0 Å². The lowest BCUT2D eigenvalue weighted by Gasteiger charge is -2.07. The SMILES string of the molecule is CNc1cncc(Nc2ccc(Br)cc2)c1. The van der Waals surface area contributed by atoms with Crippen LogP contribution in [0.1, 0.15) is 0 Å². The van der Waals surface area contributed by atoms with E-state index < -0.39 is 0 Å². The molecule has 2 aromatic rings. The Kier molecular flexibility index (Phi) is 3.41. The van der Waals surface area contributed by atoms with E-state index in [0.29, 0.717) is 0 Å². The number of nitrogens with zero attached hydrogens (tertiary/aromatic N) is 1. The van der Waals surface area contributed by atoms with Crippen molar-refractivity contribution >= 4 is 33.0 Å². The molecule has 0 aliphatic carbocycles. The molecule has 0 atom stereocenters. The van der Waals surface area contributed by atoms with E-state index in [0.717, 1.165) is 21.5 Å². The molecule has 0 saturated carbocycles. The number of nitrogens with one attached hydrogen (secondary N) is 2. The van der Waals surface area contributed by atoms with Crippen LogP contribution in [0.3, 0.4) is 0 Å². The zero-order chi connectivity index (χ0) is 11.4. The number of benzene rings is 1. The topological polar surface area (TPSA) is 37.0 Å². The van der Waals surface area contributed by atoms with Crippen LogP contribution in [0.15, 0.2) is 47.2 Å². The number of hydrogen-bond acceptors (Lipinski definition) is 3. The largest absolute Gasteiger partial charge is 0.387 e. The Morgan fingerprint density at radius 3 is 2.38 bits per heavy atom. The maximum absolute atomic E-state index is 4.13. The highest BCUT2D eigenvalue weighted by atomic mass is 79.9. The van der Waals surface area contributed by atoms with Gasteiger partial charge in [-0.15, -0.1) is 0 Å². The highest BCUT2D eigenvalue weighted by molar-refractivity contribution is 9.10. The third-order valence-corrected chi connectivity index (χ3v) is 2.69. The Hall–Kier alpha value is -1.55. The fourth-order valence-corrected chi connectivity index (χ4v) is 1.61. The van der Waals surface area contributed by atoms with Crippen LogP contribution in [0, 0.1) is 0 Å². The minimum absolute atomic E-state index is 0.967. The summed E-state index contributed by atoms with van der Waals surface area (Å²) in [6.45, 7) is 0. The molecule has 2 rings (SSSR count). The Labute approximate surface area is 103 Å². The summed E-state index contributed by atoms with van der Waals surface area (Å²) < 4.78 is 1.07. The van der Waals surface area contributed by atoms with Gasteiger partial charge in [-0.3, -0.25) is 4.98 Å². The van der Waals surface area contributed by atoms with Crippen molar-refractivity contribution in [1.29, 1.82) is 0 Å². The Balaban J connectivity index is 2.16. The number of pyridine rings is 1. The first-order valence-corrected chi connectivity index (χ1v) is 5.72. The van der Waals surface area contributed by atoms with Crippen molar-refractivity contribution in [2.24, 2.45) is 0 Å². The number of rotatable bonds is 3. The van der Waals surface area contributed by atoms with Gasteiger partial charge in [0.05, 0.1) is 23.8 Å². The van der Waals surface area contributed by atoms with E-state index in [1.165, 1.54) is 0 Å². The molecule has 0 amide bonds. The van der Waals surface area contributed by atoms with E-state index in [1.807, 2.05) is 37.4 Å². The lowest BCUT2D eigenvalue weighted by atomic mass is 10.3. The summed E-state index contributed by atoms with van der Waals surface area (Å²) in [6.07, 6.45) is 3.58. The molecule has 1 aromatic carbocycles. The molecule has 82 valence electrons. The van der Waals surface area contributed by atoms with Crippen molar-refractivity contribution in [3.8, 4) is 0 Å². The van der Waals surface area contributed by atoms with Crippen molar-refractivity contribution in [3.05, 3.63) is 47.2 Å². The van der Waals surface area contributed by atoms with Crippen molar-refractivity contribution in [2.75, 3.05) is 17.7 Å². The highest BCUT2D eigenvalue weighted by Gasteiger charge is 1.96. The Morgan fingerprint density at radius 2 is 1.69 bits per heavy atom. The Bertz CT molecular complexity index is 468. The maximum Gasteiger partial charge on any atom is 0.0591 e. The fraction of sp³-hybridized carbons (Fsp3) is 0.0833. The second-order valence-corrected chi connectivity index (χ2v) is 4.26. The molecule has 0 aliphatic rings. The molecule has 3 nitrogen and oxygen atoms in total. The van der Waals surface area contributed by atoms with Gasteiger partial charge >= 0.3 is 0 Å². The summed E-state index contributed by atoms with van der Waals surface area (Å²) in [5.74, 6) is 0. The van der Waals surface area contributed by atoms with Crippen molar-refractivity contribution in [3.63, 3.8) is 0 Å². The molecule has 0 spiro atoms. The predicted molar refractivity (Wildman–Crippen MR) is 71.2 cm³/mol. The van der Waals surface area contributed by atoms with Crippen LogP contribution < -0.4 is 10.6 Å². The predicted octanol–water partition coefficient (Wildman–Crippen LogP) is 3.63. The van der Waals surface area contributed by atoms with E-state index in [1.54, 1.807) is 12.4 Å². The summed E-state index contributed by atoms with van der Waals surface area (Å²) in [6, 6.07) is 10.0. The Morgan fingerprint density at radius 1 is 1.00 bits per heavy atom. The van der Waals surface area contributed by atoms with Gasteiger partial charge in [-0.2, -0.15) is 0 Å². The van der Waals surface area contributed by atoms with Gasteiger partial charge in [-0.25, -0.2) is 0 Å². The second kappa shape index (κ2) is 4.99. The van der Waals surface area contributed by atoms with Crippen molar-refractivity contribution in [1.82, 2.24) is 4.98 Å². The summed E-state index contributed by atoms with van der Waals surface area (Å²) in [5.41, 5.74) is 2.99. The summed E-state index contributed by atoms with van der Waals surface area (Å²) in [7, 11) is 1.88. The van der Waals surface area contributed by atoms with E-state index in [4.69, 9.17) is 0 Å². The van der Waals surface area contributed by atoms with Crippen LogP contribution in [0.5, 0.6) is 0 Å². The van der Waals surface area contributed by atoms with Crippen LogP contribution in [-0.2, 0) is 0 Å². The minimum Gasteiger partial charge on any atom is -0.387 e. The molecular weight excluding hydrogens is 266 g/mol. The molecule has 4 heteroatoms. The lowest BCUT2D eigenvalue weighted by molar-refractivity contribution is 1.30. The van der Waals surface area contributed by atoms with Gasteiger partial charge in [0, 0.05) is 17.2 Å². The smallest absolute Gasteiger partial charge is 0.0591 e. The number of aromatic nitrogens is 1. The van der Waals surface area contributed by atoms with Crippen LogP contribution in [-0.4, -0.2) is 12.0 Å². The average Bonchev–Trinajstić information content (AvgIpc) is 2.32. The van der Waals surface area contributed by atoms with Crippen LogP contribution in [0.25, 0.3) is 0 Å². The van der Waals surface area contributed by atoms with Gasteiger partial charge in [0.1, 0.15) is 0 Å². The maximum atomic E-state index is 4.13. The summed E-state index contributed by atoms with van der Waals surface area (Å²) in [5, 5.41) is 6.33. The summed E-state index contributed by atoms with van der Waals surface area (Å²) >= 11 is 3.40. The molecule has 2 N–H and O–H groups in total. The zero-order valence-electron chi connectivity index (χ0n) is 8.87. The van der Waals surface area contributed by atoms with Crippen LogP contribution in [0.2, 0.25) is 0 Å². The van der Waals surface area contributed by atoms with Gasteiger partial charge in [-0.1, -0.05) is 15.9 Å². The monoisotopic (exact) mass is 277 g/mol. The van der Waals surface area contributed by atoms with E-state index in [2.05, 4.69) is 31.5 Å². The quantitative estimate of drug-likeness (QED) is 0.900. The molecule has 1 aromatic heterocycles. The molecule has 0 fully saturated rings. The lowest BCUT2D eigenvalue weighted by Crippen LogP contribution is -1.94. The minimum atomic E-state index is 0.967. The third kappa shape index (κ3) is 2.73. The first kappa shape index (κ1) is 11.0. The van der Waals surface area contributed by atoms with Gasteiger partial charge in [0.15, 0.2) is 0 Å². The standard InChI is InChI=1S/C12H12BrN3/c1-14-11-6-12(8-15-7-11)16-10-4-2-9(13)3-5-10/h2-8,14,16H,1H3. The number of anilines is 3. The van der Waals surface area contributed by atoms with E-state index in [9.17, 15) is 0 Å². The second-order valence-electron chi connectivity index (χ2n) is 3.34. The molecular formula is C12H12BrN3.